The van der Waals surface area contributed by atoms with Crippen LogP contribution in [-0.4, -0.2) is 5.91 Å². The van der Waals surface area contributed by atoms with Crippen LogP contribution in [0.25, 0.3) is 0 Å². The Hall–Kier alpha value is -3.08. The number of aryl methyl sites for hydroxylation is 1. The number of halogens is 1. The molecule has 0 aliphatic heterocycles. The molecule has 0 saturated heterocycles. The van der Waals surface area contributed by atoms with Gasteiger partial charge in [-0.1, -0.05) is 24.3 Å². The lowest BCUT2D eigenvalue weighted by Crippen LogP contribution is -2.14. The number of hydrogen-bond acceptors (Lipinski definition) is 3. The highest BCUT2D eigenvalue weighted by atomic mass is 19.1. The van der Waals surface area contributed by atoms with E-state index in [1.54, 1.807) is 25.1 Å². The van der Waals surface area contributed by atoms with Gasteiger partial charge in [0.2, 0.25) is 0 Å². The second-order valence-electron chi connectivity index (χ2n) is 5.29. The molecule has 122 valence electrons. The Bertz CT molecular complexity index is 843. The number of amides is 1. The number of rotatable bonds is 5. The van der Waals surface area contributed by atoms with Crippen LogP contribution in [0, 0.1) is 12.7 Å². The van der Waals surface area contributed by atoms with Crippen molar-refractivity contribution < 1.29 is 18.3 Å². The van der Waals surface area contributed by atoms with E-state index in [4.69, 9.17) is 9.15 Å². The third kappa shape index (κ3) is 3.63. The van der Waals surface area contributed by atoms with Crippen LogP contribution in [-0.2, 0) is 6.61 Å². The van der Waals surface area contributed by atoms with Crippen molar-refractivity contribution in [2.75, 3.05) is 5.32 Å². The van der Waals surface area contributed by atoms with Crippen LogP contribution in [0.5, 0.6) is 5.75 Å². The predicted octanol–water partition coefficient (Wildman–Crippen LogP) is 4.56. The van der Waals surface area contributed by atoms with Crippen molar-refractivity contribution in [3.63, 3.8) is 0 Å². The number of anilines is 1. The zero-order valence-corrected chi connectivity index (χ0v) is 13.1. The fourth-order valence-electron chi connectivity index (χ4n) is 2.18. The monoisotopic (exact) mass is 325 g/mol. The Labute approximate surface area is 138 Å². The Morgan fingerprint density at radius 1 is 1.17 bits per heavy atom. The number of benzene rings is 2. The summed E-state index contributed by atoms with van der Waals surface area (Å²) in [5.41, 5.74) is 1.50. The van der Waals surface area contributed by atoms with Crippen LogP contribution < -0.4 is 10.1 Å². The quantitative estimate of drug-likeness (QED) is 0.748. The summed E-state index contributed by atoms with van der Waals surface area (Å²) in [7, 11) is 0. The maximum absolute atomic E-state index is 13.6. The van der Waals surface area contributed by atoms with Gasteiger partial charge in [-0.2, -0.15) is 0 Å². The Morgan fingerprint density at radius 3 is 2.71 bits per heavy atom. The number of nitrogens with one attached hydrogen (secondary N) is 1. The van der Waals surface area contributed by atoms with Gasteiger partial charge in [-0.25, -0.2) is 4.39 Å². The van der Waals surface area contributed by atoms with Crippen LogP contribution in [0.3, 0.4) is 0 Å². The summed E-state index contributed by atoms with van der Waals surface area (Å²) in [6.45, 7) is 1.86. The van der Waals surface area contributed by atoms with E-state index < -0.39 is 5.91 Å². The predicted molar refractivity (Wildman–Crippen MR) is 88.6 cm³/mol. The van der Waals surface area contributed by atoms with Crippen molar-refractivity contribution >= 4 is 11.6 Å². The smallest absolute Gasteiger partial charge is 0.291 e. The van der Waals surface area contributed by atoms with E-state index >= 15 is 0 Å². The van der Waals surface area contributed by atoms with Crippen LogP contribution in [0.2, 0.25) is 0 Å². The maximum atomic E-state index is 13.6. The minimum absolute atomic E-state index is 0.145. The highest BCUT2D eigenvalue weighted by molar-refractivity contribution is 6.03. The fourth-order valence-corrected chi connectivity index (χ4v) is 2.18. The van der Waals surface area contributed by atoms with Crippen molar-refractivity contribution in [3.8, 4) is 5.75 Å². The van der Waals surface area contributed by atoms with Crippen molar-refractivity contribution in [2.24, 2.45) is 0 Å². The summed E-state index contributed by atoms with van der Waals surface area (Å²) in [5, 5.41) is 2.62. The van der Waals surface area contributed by atoms with Crippen LogP contribution in [0.4, 0.5) is 10.1 Å². The molecule has 1 amide bonds. The number of ether oxygens (including phenoxy) is 1. The number of carbonyl (C=O) groups is 1. The molecule has 0 atom stereocenters. The summed E-state index contributed by atoms with van der Waals surface area (Å²) < 4.78 is 24.4. The van der Waals surface area contributed by atoms with Gasteiger partial charge in [0, 0.05) is 11.3 Å². The first-order valence-electron chi connectivity index (χ1n) is 7.45. The first-order chi connectivity index (χ1) is 11.6. The SMILES string of the molecule is Cc1ccc(NC(=O)c2occc2COc2ccccc2)cc1F. The van der Waals surface area contributed by atoms with Crippen LogP contribution in [0.1, 0.15) is 21.7 Å². The normalized spacial score (nSPS) is 10.4. The summed E-state index contributed by atoms with van der Waals surface area (Å²) in [5.74, 6) is 0.0207. The van der Waals surface area contributed by atoms with Gasteiger partial charge in [-0.15, -0.1) is 0 Å². The maximum Gasteiger partial charge on any atom is 0.291 e. The average molecular weight is 325 g/mol. The molecule has 1 aromatic heterocycles. The number of furan rings is 1. The van der Waals surface area contributed by atoms with Crippen LogP contribution >= 0.6 is 0 Å². The van der Waals surface area contributed by atoms with Gasteiger partial charge in [-0.05, 0) is 42.8 Å². The molecule has 4 nitrogen and oxygen atoms in total. The molecule has 0 saturated carbocycles. The molecule has 0 aliphatic rings. The number of hydrogen-bond donors (Lipinski definition) is 1. The van der Waals surface area contributed by atoms with Crippen molar-refractivity contribution in [2.45, 2.75) is 13.5 Å². The summed E-state index contributed by atoms with van der Waals surface area (Å²) >= 11 is 0. The molecule has 0 spiro atoms. The number of carbonyl (C=O) groups excluding carboxylic acids is 1. The molecule has 1 heterocycles. The standard InChI is InChI=1S/C19H16FNO3/c1-13-7-8-15(11-17(13)20)21-19(22)18-14(9-10-23-18)12-24-16-5-3-2-4-6-16/h2-11H,12H2,1H3,(H,21,22). The highest BCUT2D eigenvalue weighted by Crippen LogP contribution is 2.19. The molecule has 0 unspecified atom stereocenters. The van der Waals surface area contributed by atoms with E-state index in [9.17, 15) is 9.18 Å². The van der Waals surface area contributed by atoms with Gasteiger partial charge >= 0.3 is 0 Å². The molecule has 3 aromatic rings. The topological polar surface area (TPSA) is 51.5 Å². The zero-order chi connectivity index (χ0) is 16.9. The molecule has 0 aliphatic carbocycles. The first-order valence-corrected chi connectivity index (χ1v) is 7.45. The molecule has 0 radical (unpaired) electrons. The zero-order valence-electron chi connectivity index (χ0n) is 13.1. The average Bonchev–Trinajstić information content (AvgIpc) is 3.06. The molecule has 1 N–H and O–H groups in total. The van der Waals surface area contributed by atoms with Gasteiger partial charge in [0.25, 0.3) is 5.91 Å². The van der Waals surface area contributed by atoms with Crippen molar-refractivity contribution in [1.82, 2.24) is 0 Å². The fraction of sp³-hybridized carbons (Fsp3) is 0.105. The second kappa shape index (κ2) is 7.00. The summed E-state index contributed by atoms with van der Waals surface area (Å²) in [6, 6.07) is 15.5. The third-order valence-corrected chi connectivity index (χ3v) is 3.52. The Balaban J connectivity index is 1.69. The summed E-state index contributed by atoms with van der Waals surface area (Å²) in [6.07, 6.45) is 1.42. The largest absolute Gasteiger partial charge is 0.489 e. The lowest BCUT2D eigenvalue weighted by Gasteiger charge is -2.08. The number of para-hydroxylation sites is 1. The molecule has 0 fully saturated rings. The van der Waals surface area contributed by atoms with Gasteiger partial charge in [0.15, 0.2) is 5.76 Å². The Kier molecular flexibility index (Phi) is 4.61. The van der Waals surface area contributed by atoms with Gasteiger partial charge in [0.1, 0.15) is 18.2 Å². The van der Waals surface area contributed by atoms with E-state index in [1.165, 1.54) is 12.3 Å². The third-order valence-electron chi connectivity index (χ3n) is 3.52. The van der Waals surface area contributed by atoms with Crippen molar-refractivity contribution in [1.29, 1.82) is 0 Å². The van der Waals surface area contributed by atoms with E-state index in [0.717, 1.165) is 0 Å². The first kappa shape index (κ1) is 15.8. The highest BCUT2D eigenvalue weighted by Gasteiger charge is 2.16. The minimum Gasteiger partial charge on any atom is -0.489 e. The molecule has 2 aromatic carbocycles. The lowest BCUT2D eigenvalue weighted by atomic mass is 10.2. The minimum atomic E-state index is -0.449. The molecular formula is C19H16FNO3. The second-order valence-corrected chi connectivity index (χ2v) is 5.29. The van der Waals surface area contributed by atoms with E-state index in [1.807, 2.05) is 30.3 Å². The van der Waals surface area contributed by atoms with Gasteiger partial charge in [0.05, 0.1) is 6.26 Å². The Morgan fingerprint density at radius 2 is 1.96 bits per heavy atom. The molecule has 0 bridgehead atoms. The lowest BCUT2D eigenvalue weighted by molar-refractivity contribution is 0.0993. The molecular weight excluding hydrogens is 309 g/mol. The summed E-state index contributed by atoms with van der Waals surface area (Å²) in [4.78, 5) is 12.3. The van der Waals surface area contributed by atoms with E-state index in [-0.39, 0.29) is 18.2 Å². The van der Waals surface area contributed by atoms with Gasteiger partial charge < -0.3 is 14.5 Å². The molecule has 24 heavy (non-hydrogen) atoms. The molecule has 5 heteroatoms. The van der Waals surface area contributed by atoms with Gasteiger partial charge in [-0.3, -0.25) is 4.79 Å². The molecule has 3 rings (SSSR count). The van der Waals surface area contributed by atoms with Crippen molar-refractivity contribution in [3.05, 3.63) is 83.6 Å². The van der Waals surface area contributed by atoms with E-state index in [0.29, 0.717) is 22.6 Å². The van der Waals surface area contributed by atoms with E-state index in [2.05, 4.69) is 5.32 Å². The van der Waals surface area contributed by atoms with Crippen LogP contribution in [0.15, 0.2) is 65.3 Å².